The monoisotopic (exact) mass is 453 g/mol. The van der Waals surface area contributed by atoms with Crippen molar-refractivity contribution in [3.63, 3.8) is 0 Å². The number of hydrogen-bond acceptors (Lipinski definition) is 4. The first-order valence-electron chi connectivity index (χ1n) is 10.3. The van der Waals surface area contributed by atoms with Crippen molar-refractivity contribution in [1.29, 1.82) is 0 Å². The number of nitrogens with one attached hydrogen (secondary N) is 1. The summed E-state index contributed by atoms with van der Waals surface area (Å²) in [6, 6.07) is 15.5. The van der Waals surface area contributed by atoms with Crippen molar-refractivity contribution in [1.82, 2.24) is 15.1 Å². The van der Waals surface area contributed by atoms with Gasteiger partial charge in [0.15, 0.2) is 0 Å². The highest BCUT2D eigenvalue weighted by atomic mass is 32.1. The van der Waals surface area contributed by atoms with E-state index in [1.165, 1.54) is 19.0 Å². The predicted octanol–water partition coefficient (Wildman–Crippen LogP) is 3.24. The third-order valence-electron chi connectivity index (χ3n) is 5.66. The van der Waals surface area contributed by atoms with E-state index in [-0.39, 0.29) is 12.3 Å². The van der Waals surface area contributed by atoms with Crippen molar-refractivity contribution in [2.75, 3.05) is 21.1 Å². The molecular formula is C24H27N3O4S. The Kier molecular flexibility index (Phi) is 7.48. The summed E-state index contributed by atoms with van der Waals surface area (Å²) in [5.74, 6) is -0.725. The molecule has 3 aromatic rings. The molecule has 0 aliphatic rings. The number of carbonyl (C=O) groups is 3. The van der Waals surface area contributed by atoms with E-state index in [1.807, 2.05) is 60.0 Å². The number of rotatable bonds is 8. The maximum Gasteiger partial charge on any atom is 0.407 e. The molecule has 0 fully saturated rings. The van der Waals surface area contributed by atoms with E-state index < -0.39 is 24.1 Å². The fourth-order valence-corrected chi connectivity index (χ4v) is 4.70. The van der Waals surface area contributed by atoms with Crippen molar-refractivity contribution < 1.29 is 19.5 Å². The number of carbonyl (C=O) groups excluding carboxylic acids is 2. The summed E-state index contributed by atoms with van der Waals surface area (Å²) in [6.45, 7) is 0. The standard InChI is InChI=1S/C24H27N3O4S/c1-25-22(28)19(13-16-9-5-4-6-10-16)26(2)23(29)20(27(3)24(30)31)14-17-15-32-21-12-8-7-11-18(17)21/h4-12,15,19-20H,13-14H2,1-3H3,(H,25,28)(H,30,31)/t19-,20-/m1/s1. The molecule has 2 atom stereocenters. The lowest BCUT2D eigenvalue weighted by atomic mass is 10.00. The molecule has 3 amide bonds. The number of thiophene rings is 1. The molecule has 2 aromatic carbocycles. The number of benzene rings is 2. The summed E-state index contributed by atoms with van der Waals surface area (Å²) in [5, 5.41) is 15.2. The SMILES string of the molecule is CNC(=O)[C@@H](Cc1ccccc1)N(C)C(=O)[C@@H](Cc1csc2ccccc12)N(C)C(=O)O. The lowest BCUT2D eigenvalue weighted by Gasteiger charge is -2.33. The molecule has 7 nitrogen and oxygen atoms in total. The molecule has 0 spiro atoms. The van der Waals surface area contributed by atoms with Gasteiger partial charge in [-0.1, -0.05) is 48.5 Å². The van der Waals surface area contributed by atoms with Crippen LogP contribution >= 0.6 is 11.3 Å². The Morgan fingerprint density at radius 3 is 2.25 bits per heavy atom. The van der Waals surface area contributed by atoms with Crippen LogP contribution in [-0.2, 0) is 22.4 Å². The summed E-state index contributed by atoms with van der Waals surface area (Å²) >= 11 is 1.56. The highest BCUT2D eigenvalue weighted by Gasteiger charge is 2.35. The minimum Gasteiger partial charge on any atom is -0.465 e. The molecule has 0 saturated heterocycles. The van der Waals surface area contributed by atoms with E-state index in [4.69, 9.17) is 0 Å². The van der Waals surface area contributed by atoms with Crippen molar-refractivity contribution in [3.8, 4) is 0 Å². The predicted molar refractivity (Wildman–Crippen MR) is 126 cm³/mol. The summed E-state index contributed by atoms with van der Waals surface area (Å²) < 4.78 is 1.08. The van der Waals surface area contributed by atoms with Gasteiger partial charge in [-0.05, 0) is 28.0 Å². The Bertz CT molecular complexity index is 1100. The number of amides is 3. The molecule has 8 heteroatoms. The first-order chi connectivity index (χ1) is 15.3. The van der Waals surface area contributed by atoms with Crippen LogP contribution < -0.4 is 5.32 Å². The number of likely N-dealkylation sites (N-methyl/N-ethyl adjacent to an activating group) is 3. The van der Waals surface area contributed by atoms with E-state index in [0.717, 1.165) is 26.1 Å². The fraction of sp³-hybridized carbons (Fsp3) is 0.292. The maximum atomic E-state index is 13.5. The van der Waals surface area contributed by atoms with Crippen LogP contribution in [0.1, 0.15) is 11.1 Å². The molecule has 0 saturated carbocycles. The molecule has 1 aromatic heterocycles. The van der Waals surface area contributed by atoms with Crippen LogP contribution in [0.3, 0.4) is 0 Å². The van der Waals surface area contributed by atoms with Gasteiger partial charge in [0, 0.05) is 38.7 Å². The van der Waals surface area contributed by atoms with Crippen molar-refractivity contribution in [3.05, 3.63) is 71.1 Å². The van der Waals surface area contributed by atoms with E-state index in [0.29, 0.717) is 6.42 Å². The summed E-state index contributed by atoms with van der Waals surface area (Å²) in [4.78, 5) is 40.4. The molecule has 3 rings (SSSR count). The normalized spacial score (nSPS) is 12.7. The minimum atomic E-state index is -1.20. The zero-order chi connectivity index (χ0) is 23.3. The van der Waals surface area contributed by atoms with Crippen LogP contribution in [0.5, 0.6) is 0 Å². The summed E-state index contributed by atoms with van der Waals surface area (Å²) in [5.41, 5.74) is 1.82. The number of fused-ring (bicyclic) bond motifs is 1. The van der Waals surface area contributed by atoms with Gasteiger partial charge in [-0.3, -0.25) is 14.5 Å². The lowest BCUT2D eigenvalue weighted by molar-refractivity contribution is -0.142. The molecule has 0 aliphatic heterocycles. The Hall–Kier alpha value is -3.39. The average Bonchev–Trinajstić information content (AvgIpc) is 3.22. The smallest absolute Gasteiger partial charge is 0.407 e. The van der Waals surface area contributed by atoms with Gasteiger partial charge < -0.3 is 15.3 Å². The molecule has 0 radical (unpaired) electrons. The quantitative estimate of drug-likeness (QED) is 0.548. The fourth-order valence-electron chi connectivity index (χ4n) is 3.72. The van der Waals surface area contributed by atoms with Gasteiger partial charge >= 0.3 is 6.09 Å². The summed E-state index contributed by atoms with van der Waals surface area (Å²) in [6.07, 6.45) is -0.647. The van der Waals surface area contributed by atoms with Gasteiger partial charge in [-0.2, -0.15) is 0 Å². The molecule has 1 heterocycles. The van der Waals surface area contributed by atoms with Crippen LogP contribution in [0.4, 0.5) is 4.79 Å². The summed E-state index contributed by atoms with van der Waals surface area (Å²) in [7, 11) is 4.47. The molecule has 0 bridgehead atoms. The largest absolute Gasteiger partial charge is 0.465 e. The van der Waals surface area contributed by atoms with E-state index in [2.05, 4.69) is 5.32 Å². The van der Waals surface area contributed by atoms with E-state index in [1.54, 1.807) is 18.4 Å². The second kappa shape index (κ2) is 10.3. The van der Waals surface area contributed by atoms with Crippen LogP contribution in [0.15, 0.2) is 60.0 Å². The van der Waals surface area contributed by atoms with E-state index in [9.17, 15) is 19.5 Å². The first kappa shape index (κ1) is 23.3. The first-order valence-corrected chi connectivity index (χ1v) is 11.1. The average molecular weight is 454 g/mol. The lowest BCUT2D eigenvalue weighted by Crippen LogP contribution is -2.55. The second-order valence-electron chi connectivity index (χ2n) is 7.64. The van der Waals surface area contributed by atoms with Crippen molar-refractivity contribution in [2.45, 2.75) is 24.9 Å². The van der Waals surface area contributed by atoms with Crippen LogP contribution in [0.25, 0.3) is 10.1 Å². The number of nitrogens with zero attached hydrogens (tertiary/aromatic N) is 2. The molecular weight excluding hydrogens is 426 g/mol. The molecule has 0 unspecified atom stereocenters. The number of carboxylic acid groups (broad SMARTS) is 1. The zero-order valence-electron chi connectivity index (χ0n) is 18.3. The Labute approximate surface area is 191 Å². The molecule has 2 N–H and O–H groups in total. The molecule has 168 valence electrons. The van der Waals surface area contributed by atoms with Gasteiger partial charge in [0.1, 0.15) is 12.1 Å². The Morgan fingerprint density at radius 1 is 0.938 bits per heavy atom. The second-order valence-corrected chi connectivity index (χ2v) is 8.55. The van der Waals surface area contributed by atoms with Gasteiger partial charge in [0.25, 0.3) is 0 Å². The van der Waals surface area contributed by atoms with Gasteiger partial charge in [-0.15, -0.1) is 11.3 Å². The van der Waals surface area contributed by atoms with Crippen LogP contribution in [0.2, 0.25) is 0 Å². The van der Waals surface area contributed by atoms with Crippen LogP contribution in [-0.4, -0.2) is 66.0 Å². The third kappa shape index (κ3) is 5.08. The zero-order valence-corrected chi connectivity index (χ0v) is 19.1. The highest BCUT2D eigenvalue weighted by molar-refractivity contribution is 7.17. The van der Waals surface area contributed by atoms with Gasteiger partial charge in [0.05, 0.1) is 0 Å². The van der Waals surface area contributed by atoms with Crippen molar-refractivity contribution >= 4 is 39.3 Å². The van der Waals surface area contributed by atoms with Crippen molar-refractivity contribution in [2.24, 2.45) is 0 Å². The molecule has 32 heavy (non-hydrogen) atoms. The van der Waals surface area contributed by atoms with Gasteiger partial charge in [0.2, 0.25) is 11.8 Å². The van der Waals surface area contributed by atoms with Gasteiger partial charge in [-0.25, -0.2) is 4.79 Å². The Morgan fingerprint density at radius 2 is 1.59 bits per heavy atom. The highest BCUT2D eigenvalue weighted by Crippen LogP contribution is 2.28. The number of hydrogen-bond donors (Lipinski definition) is 2. The molecule has 0 aliphatic carbocycles. The maximum absolute atomic E-state index is 13.5. The van der Waals surface area contributed by atoms with Crippen LogP contribution in [0, 0.1) is 0 Å². The van der Waals surface area contributed by atoms with E-state index >= 15 is 0 Å². The third-order valence-corrected chi connectivity index (χ3v) is 6.68. The minimum absolute atomic E-state index is 0.224. The topological polar surface area (TPSA) is 90.0 Å². The Balaban J connectivity index is 1.91.